The Kier molecular flexibility index (Phi) is 4.00. The van der Waals surface area contributed by atoms with E-state index in [0.29, 0.717) is 18.9 Å². The molecule has 4 N–H and O–H groups in total. The molecule has 1 aromatic rings. The molecule has 1 heterocycles. The van der Waals surface area contributed by atoms with Crippen LogP contribution >= 0.6 is 0 Å². The van der Waals surface area contributed by atoms with Gasteiger partial charge in [0.2, 0.25) is 5.82 Å². The number of carbonyl (C=O) groups is 1. The monoisotopic (exact) mass is 225 g/mol. The second kappa shape index (κ2) is 5.07. The number of aromatic nitrogens is 3. The zero-order chi connectivity index (χ0) is 12.2. The number of nitrogens with zero attached hydrogens (tertiary/aromatic N) is 2. The van der Waals surface area contributed by atoms with Crippen LogP contribution in [0.15, 0.2) is 0 Å². The van der Waals surface area contributed by atoms with Crippen molar-refractivity contribution in [2.75, 3.05) is 13.1 Å². The standard InChI is InChI=1S/C10H19N5O/c1-10(2,3)9-13-7(14-15-9)8(16)12-6-4-5-11/h4-6,11H2,1-3H3,(H,12,16)(H,13,14,15). The van der Waals surface area contributed by atoms with E-state index in [1.807, 2.05) is 20.8 Å². The van der Waals surface area contributed by atoms with Crippen molar-refractivity contribution in [3.05, 3.63) is 11.6 Å². The van der Waals surface area contributed by atoms with E-state index >= 15 is 0 Å². The first kappa shape index (κ1) is 12.6. The summed E-state index contributed by atoms with van der Waals surface area (Å²) < 4.78 is 0. The van der Waals surface area contributed by atoms with Crippen LogP contribution < -0.4 is 11.1 Å². The van der Waals surface area contributed by atoms with Gasteiger partial charge in [-0.25, -0.2) is 4.98 Å². The van der Waals surface area contributed by atoms with Gasteiger partial charge >= 0.3 is 0 Å². The van der Waals surface area contributed by atoms with Gasteiger partial charge in [0.1, 0.15) is 5.82 Å². The number of aromatic amines is 1. The Bertz CT molecular complexity index is 352. The minimum atomic E-state index is -0.264. The third-order valence-electron chi connectivity index (χ3n) is 2.07. The first-order valence-corrected chi connectivity index (χ1v) is 5.36. The van der Waals surface area contributed by atoms with Crippen LogP contribution in [0.2, 0.25) is 0 Å². The molecule has 1 aromatic heterocycles. The summed E-state index contributed by atoms with van der Waals surface area (Å²) in [7, 11) is 0. The van der Waals surface area contributed by atoms with E-state index in [-0.39, 0.29) is 17.1 Å². The van der Waals surface area contributed by atoms with E-state index in [0.717, 1.165) is 6.42 Å². The maximum atomic E-state index is 11.6. The van der Waals surface area contributed by atoms with Crippen molar-refractivity contribution >= 4 is 5.91 Å². The lowest BCUT2D eigenvalue weighted by molar-refractivity contribution is 0.0943. The summed E-state index contributed by atoms with van der Waals surface area (Å²) >= 11 is 0. The van der Waals surface area contributed by atoms with Gasteiger partial charge in [-0.1, -0.05) is 20.8 Å². The molecule has 0 aliphatic rings. The lowest BCUT2D eigenvalue weighted by Gasteiger charge is -2.12. The lowest BCUT2D eigenvalue weighted by atomic mass is 9.96. The number of nitrogens with two attached hydrogens (primary N) is 1. The number of nitrogens with one attached hydrogen (secondary N) is 2. The van der Waals surface area contributed by atoms with E-state index in [9.17, 15) is 4.79 Å². The Morgan fingerprint density at radius 2 is 2.19 bits per heavy atom. The summed E-state index contributed by atoms with van der Waals surface area (Å²) in [5, 5.41) is 9.35. The van der Waals surface area contributed by atoms with Gasteiger partial charge < -0.3 is 11.1 Å². The summed E-state index contributed by atoms with van der Waals surface area (Å²) in [6.07, 6.45) is 0.752. The second-order valence-electron chi connectivity index (χ2n) is 4.66. The van der Waals surface area contributed by atoms with Crippen molar-refractivity contribution in [3.63, 3.8) is 0 Å². The minimum Gasteiger partial charge on any atom is -0.349 e. The molecule has 0 aromatic carbocycles. The van der Waals surface area contributed by atoms with Crippen LogP contribution in [0.3, 0.4) is 0 Å². The third-order valence-corrected chi connectivity index (χ3v) is 2.07. The van der Waals surface area contributed by atoms with Gasteiger partial charge in [0, 0.05) is 12.0 Å². The molecule has 0 aliphatic heterocycles. The number of amides is 1. The van der Waals surface area contributed by atoms with Gasteiger partial charge in [-0.3, -0.25) is 9.89 Å². The fourth-order valence-electron chi connectivity index (χ4n) is 1.08. The van der Waals surface area contributed by atoms with Crippen LogP contribution in [0.1, 0.15) is 43.6 Å². The topological polar surface area (TPSA) is 96.7 Å². The Labute approximate surface area is 95.0 Å². The van der Waals surface area contributed by atoms with Crippen molar-refractivity contribution in [1.82, 2.24) is 20.5 Å². The molecule has 0 atom stereocenters. The molecular formula is C10H19N5O. The van der Waals surface area contributed by atoms with E-state index in [2.05, 4.69) is 20.5 Å². The second-order valence-corrected chi connectivity index (χ2v) is 4.66. The summed E-state index contributed by atoms with van der Waals surface area (Å²) in [6, 6.07) is 0. The van der Waals surface area contributed by atoms with Gasteiger partial charge in [-0.05, 0) is 13.0 Å². The van der Waals surface area contributed by atoms with Crippen molar-refractivity contribution in [3.8, 4) is 0 Å². The predicted octanol–water partition coefficient (Wildman–Crippen LogP) is 0.181. The fraction of sp³-hybridized carbons (Fsp3) is 0.700. The Hall–Kier alpha value is -1.43. The molecule has 0 fully saturated rings. The van der Waals surface area contributed by atoms with E-state index in [1.165, 1.54) is 0 Å². The van der Waals surface area contributed by atoms with E-state index in [4.69, 9.17) is 5.73 Å². The smallest absolute Gasteiger partial charge is 0.290 e. The predicted molar refractivity (Wildman–Crippen MR) is 61.1 cm³/mol. The largest absolute Gasteiger partial charge is 0.349 e. The zero-order valence-electron chi connectivity index (χ0n) is 10.0. The highest BCUT2D eigenvalue weighted by Gasteiger charge is 2.20. The Morgan fingerprint density at radius 1 is 1.50 bits per heavy atom. The summed E-state index contributed by atoms with van der Waals surface area (Å²) in [5.74, 6) is 0.624. The molecule has 1 rings (SSSR count). The zero-order valence-corrected chi connectivity index (χ0v) is 10.0. The molecule has 0 bridgehead atoms. The van der Waals surface area contributed by atoms with Gasteiger partial charge in [-0.2, -0.15) is 0 Å². The molecule has 16 heavy (non-hydrogen) atoms. The highest BCUT2D eigenvalue weighted by molar-refractivity contribution is 5.90. The van der Waals surface area contributed by atoms with Crippen molar-refractivity contribution in [1.29, 1.82) is 0 Å². The first-order valence-electron chi connectivity index (χ1n) is 5.36. The average Bonchev–Trinajstić information content (AvgIpc) is 2.66. The normalized spacial score (nSPS) is 11.5. The number of H-pyrrole nitrogens is 1. The summed E-state index contributed by atoms with van der Waals surface area (Å²) in [6.45, 7) is 7.12. The number of hydrogen-bond acceptors (Lipinski definition) is 4. The van der Waals surface area contributed by atoms with Gasteiger partial charge in [0.05, 0.1) is 0 Å². The van der Waals surface area contributed by atoms with Gasteiger partial charge in [0.15, 0.2) is 0 Å². The molecule has 1 amide bonds. The highest BCUT2D eigenvalue weighted by atomic mass is 16.2. The Morgan fingerprint density at radius 3 is 2.69 bits per heavy atom. The molecule has 0 unspecified atom stereocenters. The quantitative estimate of drug-likeness (QED) is 0.637. The molecule has 6 heteroatoms. The summed E-state index contributed by atoms with van der Waals surface area (Å²) in [5.41, 5.74) is 5.19. The third kappa shape index (κ3) is 3.30. The van der Waals surface area contributed by atoms with Gasteiger partial charge in [-0.15, -0.1) is 5.10 Å². The minimum absolute atomic E-state index is 0.136. The van der Waals surface area contributed by atoms with Crippen molar-refractivity contribution in [2.24, 2.45) is 5.73 Å². The lowest BCUT2D eigenvalue weighted by Crippen LogP contribution is -2.27. The Balaban J connectivity index is 2.60. The van der Waals surface area contributed by atoms with E-state index in [1.54, 1.807) is 0 Å². The maximum Gasteiger partial charge on any atom is 0.290 e. The molecule has 0 saturated heterocycles. The maximum absolute atomic E-state index is 11.6. The summed E-state index contributed by atoms with van der Waals surface area (Å²) in [4.78, 5) is 15.7. The van der Waals surface area contributed by atoms with Crippen LogP contribution in [0.5, 0.6) is 0 Å². The molecule has 0 radical (unpaired) electrons. The fourth-order valence-corrected chi connectivity index (χ4v) is 1.08. The van der Waals surface area contributed by atoms with Crippen LogP contribution in [0.4, 0.5) is 0 Å². The van der Waals surface area contributed by atoms with Crippen LogP contribution in [0.25, 0.3) is 0 Å². The number of hydrogen-bond donors (Lipinski definition) is 3. The molecule has 0 aliphatic carbocycles. The number of rotatable bonds is 4. The molecule has 0 saturated carbocycles. The highest BCUT2D eigenvalue weighted by Crippen LogP contribution is 2.17. The van der Waals surface area contributed by atoms with Crippen molar-refractivity contribution in [2.45, 2.75) is 32.6 Å². The number of carbonyl (C=O) groups excluding carboxylic acids is 1. The molecule has 90 valence electrons. The van der Waals surface area contributed by atoms with Crippen LogP contribution in [-0.4, -0.2) is 34.2 Å². The average molecular weight is 225 g/mol. The SMILES string of the molecule is CC(C)(C)c1nc(C(=O)NCCCN)n[nH]1. The van der Waals surface area contributed by atoms with Gasteiger partial charge in [0.25, 0.3) is 5.91 Å². The molecule has 0 spiro atoms. The molecular weight excluding hydrogens is 206 g/mol. The first-order chi connectivity index (χ1) is 7.45. The molecule has 6 nitrogen and oxygen atoms in total. The van der Waals surface area contributed by atoms with E-state index < -0.39 is 0 Å². The van der Waals surface area contributed by atoms with Crippen LogP contribution in [0, 0.1) is 0 Å². The van der Waals surface area contributed by atoms with Crippen LogP contribution in [-0.2, 0) is 5.41 Å². The van der Waals surface area contributed by atoms with Crippen molar-refractivity contribution < 1.29 is 4.79 Å².